The summed E-state index contributed by atoms with van der Waals surface area (Å²) in [6.07, 6.45) is 2.13. The number of hydrogen-bond acceptors (Lipinski definition) is 7. The Balaban J connectivity index is 1.55. The Morgan fingerprint density at radius 2 is 1.95 bits per heavy atom. The number of ether oxygens (including phenoxy) is 2. The van der Waals surface area contributed by atoms with E-state index in [1.807, 2.05) is 24.3 Å². The molecule has 3 N–H and O–H groups in total. The van der Waals surface area contributed by atoms with Gasteiger partial charge in [-0.05, 0) is 52.3 Å². The SMILES string of the molecule is C=C[C@H]1C[C@]1(NC(=O)[C@@H]1C[C@@H](Oc2ccnc3ccccc23)CN1C(=O)[C@H](C)NC(=O)OC(C)(C)C)C(=O)O. The maximum absolute atomic E-state index is 13.5. The van der Waals surface area contributed by atoms with Gasteiger partial charge >= 0.3 is 12.1 Å². The van der Waals surface area contributed by atoms with E-state index >= 15 is 0 Å². The van der Waals surface area contributed by atoms with E-state index in [2.05, 4.69) is 22.2 Å². The second kappa shape index (κ2) is 10.5. The lowest BCUT2D eigenvalue weighted by atomic mass is 10.1. The van der Waals surface area contributed by atoms with Crippen molar-refractivity contribution in [1.29, 1.82) is 0 Å². The van der Waals surface area contributed by atoms with E-state index in [-0.39, 0.29) is 19.4 Å². The number of carboxylic acids is 1. The van der Waals surface area contributed by atoms with Crippen molar-refractivity contribution < 1.29 is 33.8 Å². The van der Waals surface area contributed by atoms with Crippen LogP contribution in [0.1, 0.15) is 40.5 Å². The molecular formula is C28H34N4O7. The van der Waals surface area contributed by atoms with Crippen LogP contribution in [-0.4, -0.2) is 74.7 Å². The van der Waals surface area contributed by atoms with Gasteiger partial charge in [-0.25, -0.2) is 9.59 Å². The van der Waals surface area contributed by atoms with E-state index in [0.717, 1.165) is 10.9 Å². The zero-order valence-electron chi connectivity index (χ0n) is 22.5. The number of hydrogen-bond donors (Lipinski definition) is 3. The minimum Gasteiger partial charge on any atom is -0.488 e. The first kappa shape index (κ1) is 27.9. The van der Waals surface area contributed by atoms with Crippen molar-refractivity contribution in [3.8, 4) is 5.75 Å². The number of likely N-dealkylation sites (tertiary alicyclic amines) is 1. The summed E-state index contributed by atoms with van der Waals surface area (Å²) >= 11 is 0. The molecule has 3 amide bonds. The number of carboxylic acid groups (broad SMARTS) is 1. The molecule has 2 aliphatic rings. The number of rotatable bonds is 8. The molecular weight excluding hydrogens is 504 g/mol. The van der Waals surface area contributed by atoms with Crippen molar-refractivity contribution in [2.45, 2.75) is 69.9 Å². The minimum atomic E-state index is -1.45. The van der Waals surface area contributed by atoms with Crippen LogP contribution in [0.3, 0.4) is 0 Å². The van der Waals surface area contributed by atoms with Crippen molar-refractivity contribution in [2.24, 2.45) is 5.92 Å². The Labute approximate surface area is 226 Å². The van der Waals surface area contributed by atoms with E-state index in [0.29, 0.717) is 5.75 Å². The van der Waals surface area contributed by atoms with Gasteiger partial charge in [-0.3, -0.25) is 14.6 Å². The van der Waals surface area contributed by atoms with Gasteiger partial charge in [-0.15, -0.1) is 6.58 Å². The largest absolute Gasteiger partial charge is 0.488 e. The van der Waals surface area contributed by atoms with Gasteiger partial charge in [0.25, 0.3) is 0 Å². The predicted octanol–water partition coefficient (Wildman–Crippen LogP) is 2.64. The Kier molecular flexibility index (Phi) is 7.54. The van der Waals surface area contributed by atoms with E-state index in [1.54, 1.807) is 33.0 Å². The first-order chi connectivity index (χ1) is 18.3. The summed E-state index contributed by atoms with van der Waals surface area (Å²) in [5, 5.41) is 15.7. The number of carbonyl (C=O) groups is 4. The second-order valence-electron chi connectivity index (χ2n) is 11.0. The van der Waals surface area contributed by atoms with Gasteiger partial charge in [0.2, 0.25) is 11.8 Å². The van der Waals surface area contributed by atoms with Crippen LogP contribution in [0.2, 0.25) is 0 Å². The smallest absolute Gasteiger partial charge is 0.408 e. The molecule has 2 heterocycles. The zero-order chi connectivity index (χ0) is 28.5. The molecule has 1 aromatic carbocycles. The molecule has 0 bridgehead atoms. The number of amides is 3. The lowest BCUT2D eigenvalue weighted by molar-refractivity contribution is -0.145. The average Bonchev–Trinajstić information content (AvgIpc) is 3.42. The van der Waals surface area contributed by atoms with Crippen molar-refractivity contribution in [1.82, 2.24) is 20.5 Å². The Hall–Kier alpha value is -4.15. The van der Waals surface area contributed by atoms with E-state index < -0.39 is 59.1 Å². The minimum absolute atomic E-state index is 0.0544. The van der Waals surface area contributed by atoms with Crippen molar-refractivity contribution in [3.05, 3.63) is 49.2 Å². The molecule has 11 heteroatoms. The van der Waals surface area contributed by atoms with Crippen LogP contribution >= 0.6 is 0 Å². The van der Waals surface area contributed by atoms with E-state index in [4.69, 9.17) is 9.47 Å². The molecule has 0 radical (unpaired) electrons. The number of nitrogens with zero attached hydrogens (tertiary/aromatic N) is 2. The van der Waals surface area contributed by atoms with Crippen molar-refractivity contribution in [2.75, 3.05) is 6.54 Å². The van der Waals surface area contributed by atoms with E-state index in [9.17, 15) is 24.3 Å². The standard InChI is InChI=1S/C28H34N4O7/c1-6-17-14-28(17,25(35)36)31-23(33)21-13-18(38-22-11-12-29-20-10-8-7-9-19(20)22)15-32(21)24(34)16(2)30-26(37)39-27(3,4)5/h6-12,16-18,21H,1,13-15H2,2-5H3,(H,30,37)(H,31,33)(H,35,36)/t16-,17-,18+,21-,28+/m0/s1. The monoisotopic (exact) mass is 538 g/mol. The fourth-order valence-corrected chi connectivity index (χ4v) is 4.84. The summed E-state index contributed by atoms with van der Waals surface area (Å²) in [5.74, 6) is -2.15. The Bertz CT molecular complexity index is 1300. The van der Waals surface area contributed by atoms with Crippen molar-refractivity contribution in [3.63, 3.8) is 0 Å². The third-order valence-corrected chi connectivity index (χ3v) is 6.88. The van der Waals surface area contributed by atoms with Gasteiger partial charge in [0, 0.05) is 23.9 Å². The highest BCUT2D eigenvalue weighted by atomic mass is 16.6. The number of fused-ring (bicyclic) bond motifs is 1. The average molecular weight is 539 g/mol. The number of alkyl carbamates (subject to hydrolysis) is 1. The number of aliphatic carboxylic acids is 1. The van der Waals surface area contributed by atoms with Gasteiger partial charge in [0.15, 0.2) is 0 Å². The number of nitrogens with one attached hydrogen (secondary N) is 2. The molecule has 1 aromatic heterocycles. The molecule has 4 rings (SSSR count). The third kappa shape index (κ3) is 5.97. The lowest BCUT2D eigenvalue weighted by Gasteiger charge is -2.28. The first-order valence-corrected chi connectivity index (χ1v) is 12.8. The van der Waals surface area contributed by atoms with Gasteiger partial charge in [-0.2, -0.15) is 0 Å². The molecule has 2 aromatic rings. The second-order valence-corrected chi connectivity index (χ2v) is 11.0. The molecule has 0 spiro atoms. The summed E-state index contributed by atoms with van der Waals surface area (Å²) < 4.78 is 11.5. The Morgan fingerprint density at radius 3 is 2.59 bits per heavy atom. The van der Waals surface area contributed by atoms with Crippen LogP contribution in [0.25, 0.3) is 10.9 Å². The maximum atomic E-state index is 13.5. The van der Waals surface area contributed by atoms with Crippen LogP contribution in [0.5, 0.6) is 5.75 Å². The molecule has 1 aliphatic carbocycles. The normalized spacial score (nSPS) is 24.9. The summed E-state index contributed by atoms with van der Waals surface area (Å²) in [6, 6.07) is 7.13. The topological polar surface area (TPSA) is 147 Å². The fraction of sp³-hybridized carbons (Fsp3) is 0.464. The Morgan fingerprint density at radius 1 is 1.23 bits per heavy atom. The zero-order valence-corrected chi connectivity index (χ0v) is 22.5. The lowest BCUT2D eigenvalue weighted by Crippen LogP contribution is -2.56. The molecule has 5 atom stereocenters. The molecule has 1 saturated heterocycles. The first-order valence-electron chi connectivity index (χ1n) is 12.8. The summed E-state index contributed by atoms with van der Waals surface area (Å²) in [6.45, 7) is 10.3. The molecule has 1 aliphatic heterocycles. The van der Waals surface area contributed by atoms with Crippen LogP contribution in [0.4, 0.5) is 4.79 Å². The van der Waals surface area contributed by atoms with Crippen molar-refractivity contribution >= 4 is 34.8 Å². The van der Waals surface area contributed by atoms with Crippen LogP contribution in [-0.2, 0) is 19.1 Å². The fourth-order valence-electron chi connectivity index (χ4n) is 4.84. The highest BCUT2D eigenvalue weighted by Gasteiger charge is 2.61. The molecule has 0 unspecified atom stereocenters. The molecule has 39 heavy (non-hydrogen) atoms. The van der Waals surface area contributed by atoms with Crippen LogP contribution in [0, 0.1) is 5.92 Å². The van der Waals surface area contributed by atoms with Gasteiger partial charge in [-0.1, -0.05) is 18.2 Å². The van der Waals surface area contributed by atoms with Crippen LogP contribution < -0.4 is 15.4 Å². The summed E-state index contributed by atoms with van der Waals surface area (Å²) in [5.41, 5.74) is -1.47. The van der Waals surface area contributed by atoms with E-state index in [1.165, 1.54) is 17.9 Å². The third-order valence-electron chi connectivity index (χ3n) is 6.88. The highest BCUT2D eigenvalue weighted by Crippen LogP contribution is 2.45. The number of para-hydroxylation sites is 1. The molecule has 208 valence electrons. The van der Waals surface area contributed by atoms with Gasteiger partial charge in [0.05, 0.1) is 12.1 Å². The molecule has 11 nitrogen and oxygen atoms in total. The highest BCUT2D eigenvalue weighted by molar-refractivity contribution is 5.96. The maximum Gasteiger partial charge on any atom is 0.408 e. The number of aromatic nitrogens is 1. The van der Waals surface area contributed by atoms with Gasteiger partial charge < -0.3 is 30.1 Å². The number of carbonyl (C=O) groups excluding carboxylic acids is 3. The summed E-state index contributed by atoms with van der Waals surface area (Å²) in [4.78, 5) is 56.8. The number of benzene rings is 1. The number of pyridine rings is 1. The molecule has 2 fully saturated rings. The van der Waals surface area contributed by atoms with Crippen LogP contribution in [0.15, 0.2) is 49.2 Å². The molecule has 1 saturated carbocycles. The van der Waals surface area contributed by atoms with Gasteiger partial charge in [0.1, 0.15) is 35.1 Å². The predicted molar refractivity (Wildman–Crippen MR) is 142 cm³/mol. The summed E-state index contributed by atoms with van der Waals surface area (Å²) in [7, 11) is 0. The quantitative estimate of drug-likeness (QED) is 0.435.